The minimum Gasteiger partial charge on any atom is -0.468 e. The quantitative estimate of drug-likeness (QED) is 0.466. The number of H-pyrrole nitrogens is 1. The molecule has 0 fully saturated rings. The number of benzene rings is 1. The number of nitrogens with one attached hydrogen (secondary N) is 1. The smallest absolute Gasteiger partial charge is 0.252 e. The molecule has 1 aromatic carbocycles. The second-order valence-corrected chi connectivity index (χ2v) is 9.19. The van der Waals surface area contributed by atoms with Crippen LogP contribution in [-0.2, 0) is 18.6 Å². The molecule has 0 saturated carbocycles. The van der Waals surface area contributed by atoms with Crippen LogP contribution in [-0.4, -0.2) is 30.1 Å². The number of hydrogen-bond donors (Lipinski definition) is 1. The third-order valence-corrected chi connectivity index (χ3v) is 5.73. The van der Waals surface area contributed by atoms with Crippen LogP contribution in [0.1, 0.15) is 62.9 Å². The minimum atomic E-state index is -0.263. The van der Waals surface area contributed by atoms with Gasteiger partial charge in [-0.2, -0.15) is 0 Å². The summed E-state index contributed by atoms with van der Waals surface area (Å²) in [6.45, 7) is 11.3. The van der Waals surface area contributed by atoms with E-state index in [0.29, 0.717) is 18.7 Å². The Kier molecular flexibility index (Phi) is 5.97. The van der Waals surface area contributed by atoms with Crippen molar-refractivity contribution in [2.24, 2.45) is 0 Å². The van der Waals surface area contributed by atoms with Gasteiger partial charge in [0.05, 0.1) is 29.9 Å². The van der Waals surface area contributed by atoms with Gasteiger partial charge in [-0.15, -0.1) is 5.10 Å². The number of pyridine rings is 1. The maximum Gasteiger partial charge on any atom is 0.252 e. The summed E-state index contributed by atoms with van der Waals surface area (Å²) in [5.41, 5.74) is 2.28. The van der Waals surface area contributed by atoms with E-state index in [1.807, 2.05) is 48.0 Å². The van der Waals surface area contributed by atoms with E-state index in [-0.39, 0.29) is 17.1 Å². The van der Waals surface area contributed by atoms with Crippen molar-refractivity contribution >= 4 is 10.9 Å². The van der Waals surface area contributed by atoms with Crippen LogP contribution in [0.25, 0.3) is 10.9 Å². The van der Waals surface area contributed by atoms with E-state index in [2.05, 4.69) is 53.1 Å². The molecule has 0 saturated heterocycles. The molecule has 0 radical (unpaired) electrons. The lowest BCUT2D eigenvalue weighted by atomic mass is 10.1. The molecule has 168 valence electrons. The molecule has 0 spiro atoms. The Morgan fingerprint density at radius 1 is 1.19 bits per heavy atom. The van der Waals surface area contributed by atoms with E-state index < -0.39 is 0 Å². The largest absolute Gasteiger partial charge is 0.468 e. The van der Waals surface area contributed by atoms with Gasteiger partial charge in [0.15, 0.2) is 5.82 Å². The maximum atomic E-state index is 13.0. The standard InChI is InChI=1S/C24H30N6O2/c1-6-20(22-26-27-28-30(22)24(3,4)5)29(15-19-11-8-12-32-19)14-18-13-17-10-7-9-16(2)21(17)25-23(18)31/h7-13,20H,6,14-15H2,1-5H3,(H,25,31)/t20-/m0/s1. The van der Waals surface area contributed by atoms with Crippen molar-refractivity contribution in [3.63, 3.8) is 0 Å². The summed E-state index contributed by atoms with van der Waals surface area (Å²) in [5, 5.41) is 13.6. The van der Waals surface area contributed by atoms with Gasteiger partial charge in [0, 0.05) is 12.1 Å². The Labute approximate surface area is 187 Å². The van der Waals surface area contributed by atoms with Crippen LogP contribution in [0.15, 0.2) is 51.9 Å². The number of rotatable bonds is 7. The lowest BCUT2D eigenvalue weighted by molar-refractivity contribution is 0.142. The van der Waals surface area contributed by atoms with Crippen molar-refractivity contribution in [2.45, 2.75) is 65.7 Å². The fourth-order valence-electron chi connectivity index (χ4n) is 4.13. The summed E-state index contributed by atoms with van der Waals surface area (Å²) in [6.07, 6.45) is 2.45. The van der Waals surface area contributed by atoms with Crippen LogP contribution in [0.2, 0.25) is 0 Å². The molecule has 8 heteroatoms. The lowest BCUT2D eigenvalue weighted by Gasteiger charge is -2.31. The molecule has 0 amide bonds. The molecule has 1 atom stereocenters. The summed E-state index contributed by atoms with van der Waals surface area (Å²) < 4.78 is 7.51. The van der Waals surface area contributed by atoms with E-state index in [1.165, 1.54) is 0 Å². The second-order valence-electron chi connectivity index (χ2n) is 9.19. The molecule has 4 rings (SSSR count). The van der Waals surface area contributed by atoms with Crippen LogP contribution >= 0.6 is 0 Å². The predicted octanol–water partition coefficient (Wildman–Crippen LogP) is 4.32. The van der Waals surface area contributed by atoms with Gasteiger partial charge in [0.2, 0.25) is 0 Å². The van der Waals surface area contributed by atoms with Crippen LogP contribution in [0.5, 0.6) is 0 Å². The summed E-state index contributed by atoms with van der Waals surface area (Å²) in [5.74, 6) is 1.60. The summed E-state index contributed by atoms with van der Waals surface area (Å²) in [7, 11) is 0. The highest BCUT2D eigenvalue weighted by Crippen LogP contribution is 2.29. The van der Waals surface area contributed by atoms with E-state index >= 15 is 0 Å². The van der Waals surface area contributed by atoms with Crippen molar-refractivity contribution in [3.8, 4) is 0 Å². The van der Waals surface area contributed by atoms with Crippen LogP contribution in [0.3, 0.4) is 0 Å². The Morgan fingerprint density at radius 2 is 2.00 bits per heavy atom. The van der Waals surface area contributed by atoms with E-state index in [4.69, 9.17) is 4.42 Å². The summed E-state index contributed by atoms with van der Waals surface area (Å²) >= 11 is 0. The first-order valence-corrected chi connectivity index (χ1v) is 10.9. The topological polar surface area (TPSA) is 92.8 Å². The number of fused-ring (bicyclic) bond motifs is 1. The fourth-order valence-corrected chi connectivity index (χ4v) is 4.13. The van der Waals surface area contributed by atoms with Crippen LogP contribution < -0.4 is 5.56 Å². The number of aromatic amines is 1. The number of tetrazole rings is 1. The molecular weight excluding hydrogens is 404 g/mol. The van der Waals surface area contributed by atoms with Gasteiger partial charge in [-0.3, -0.25) is 9.69 Å². The van der Waals surface area contributed by atoms with Crippen molar-refractivity contribution in [3.05, 3.63) is 75.7 Å². The number of furan rings is 1. The molecule has 0 aliphatic rings. The third-order valence-electron chi connectivity index (χ3n) is 5.73. The van der Waals surface area contributed by atoms with Crippen molar-refractivity contribution in [1.82, 2.24) is 30.1 Å². The molecule has 8 nitrogen and oxygen atoms in total. The molecule has 3 aromatic heterocycles. The van der Waals surface area contributed by atoms with Gasteiger partial charge >= 0.3 is 0 Å². The number of nitrogens with zero attached hydrogens (tertiary/aromatic N) is 5. The lowest BCUT2D eigenvalue weighted by Crippen LogP contribution is -2.35. The van der Waals surface area contributed by atoms with Crippen molar-refractivity contribution in [2.75, 3.05) is 0 Å². The Morgan fingerprint density at radius 3 is 2.69 bits per heavy atom. The highest BCUT2D eigenvalue weighted by Gasteiger charge is 2.30. The number of hydrogen-bond acceptors (Lipinski definition) is 6. The highest BCUT2D eigenvalue weighted by atomic mass is 16.3. The monoisotopic (exact) mass is 434 g/mol. The van der Waals surface area contributed by atoms with Gasteiger partial charge in [0.1, 0.15) is 5.76 Å². The molecule has 0 unspecified atom stereocenters. The average molecular weight is 435 g/mol. The number of para-hydroxylation sites is 1. The number of aromatic nitrogens is 5. The molecule has 32 heavy (non-hydrogen) atoms. The van der Waals surface area contributed by atoms with Gasteiger partial charge in [-0.25, -0.2) is 4.68 Å². The van der Waals surface area contributed by atoms with Gasteiger partial charge in [-0.1, -0.05) is 25.1 Å². The molecule has 0 aliphatic carbocycles. The summed E-state index contributed by atoms with van der Waals surface area (Å²) in [6, 6.07) is 11.7. The summed E-state index contributed by atoms with van der Waals surface area (Å²) in [4.78, 5) is 18.3. The van der Waals surface area contributed by atoms with E-state index in [1.54, 1.807) is 6.26 Å². The van der Waals surface area contributed by atoms with Gasteiger partial charge < -0.3 is 9.40 Å². The molecule has 0 aliphatic heterocycles. The molecule has 4 aromatic rings. The SMILES string of the molecule is CC[C@@H](c1nnnn1C(C)(C)C)N(Cc1ccco1)Cc1cc2cccc(C)c2[nH]c1=O. The molecule has 0 bridgehead atoms. The normalized spacial score (nSPS) is 13.2. The molecular formula is C24H30N6O2. The molecule has 1 N–H and O–H groups in total. The number of aryl methyl sites for hydroxylation is 1. The van der Waals surface area contributed by atoms with Crippen LogP contribution in [0.4, 0.5) is 0 Å². The van der Waals surface area contributed by atoms with Gasteiger partial charge in [-0.05, 0) is 73.7 Å². The fraction of sp³-hybridized carbons (Fsp3) is 0.417. The Bertz CT molecular complexity index is 1250. The first kappa shape index (κ1) is 22.0. The molecule has 3 heterocycles. The van der Waals surface area contributed by atoms with Gasteiger partial charge in [0.25, 0.3) is 5.56 Å². The average Bonchev–Trinajstić information content (AvgIpc) is 3.42. The highest BCUT2D eigenvalue weighted by molar-refractivity contribution is 5.81. The Hall–Kier alpha value is -3.26. The maximum absolute atomic E-state index is 13.0. The minimum absolute atomic E-state index is 0.0819. The zero-order valence-electron chi connectivity index (χ0n) is 19.3. The zero-order chi connectivity index (χ0) is 22.9. The van der Waals surface area contributed by atoms with Crippen molar-refractivity contribution < 1.29 is 4.42 Å². The Balaban J connectivity index is 1.76. The van der Waals surface area contributed by atoms with Crippen molar-refractivity contribution in [1.29, 1.82) is 0 Å². The third kappa shape index (κ3) is 4.36. The van der Waals surface area contributed by atoms with E-state index in [9.17, 15) is 4.79 Å². The zero-order valence-corrected chi connectivity index (χ0v) is 19.3. The van der Waals surface area contributed by atoms with Crippen LogP contribution in [0, 0.1) is 6.92 Å². The first-order valence-electron chi connectivity index (χ1n) is 10.9. The van der Waals surface area contributed by atoms with E-state index in [0.717, 1.165) is 34.5 Å². The second kappa shape index (κ2) is 8.70. The predicted molar refractivity (Wildman–Crippen MR) is 123 cm³/mol. The first-order chi connectivity index (χ1) is 15.3.